The van der Waals surface area contributed by atoms with Gasteiger partial charge in [-0.1, -0.05) is 0 Å². The van der Waals surface area contributed by atoms with E-state index < -0.39 is 0 Å². The molecule has 0 bridgehead atoms. The molecule has 0 heterocycles. The summed E-state index contributed by atoms with van der Waals surface area (Å²) >= 11 is 0. The van der Waals surface area contributed by atoms with Crippen molar-refractivity contribution in [3.05, 3.63) is 0 Å². The van der Waals surface area contributed by atoms with Gasteiger partial charge in [0.25, 0.3) is 0 Å². The molecule has 0 aromatic carbocycles. The van der Waals surface area contributed by atoms with E-state index in [2.05, 4.69) is 0 Å². The zero-order chi connectivity index (χ0) is 2.71. The van der Waals surface area contributed by atoms with Gasteiger partial charge in [-0.25, -0.2) is 0 Å². The summed E-state index contributed by atoms with van der Waals surface area (Å²) in [7, 11) is 0. The molecule has 5 heteroatoms. The van der Waals surface area contributed by atoms with Crippen LogP contribution in [0.5, 0.6) is 0 Å². The fraction of sp³-hybridized carbons (Fsp3) is 0. The predicted octanol–water partition coefficient (Wildman–Crippen LogP) is -0.111. The Balaban J connectivity index is -0.0000000200. The Morgan fingerprint density at radius 3 is 1.20 bits per heavy atom. The third kappa shape index (κ3) is 86.4. The summed E-state index contributed by atoms with van der Waals surface area (Å²) in [6, 6.07) is 0. The van der Waals surface area contributed by atoms with Crippen molar-refractivity contribution in [1.82, 2.24) is 4.91 Å². The van der Waals surface area contributed by atoms with E-state index in [9.17, 15) is 0 Å². The normalized spacial score (nSPS) is 1.60. The Morgan fingerprint density at radius 1 is 1.20 bits per heavy atom. The standard InChI is InChI=1S/ClH.H2N3.Na.H/c;1-3-2;;/h1H;1-2H;;/q;+1;;. The van der Waals surface area contributed by atoms with Crippen LogP contribution in [0.1, 0.15) is 0 Å². The summed E-state index contributed by atoms with van der Waals surface area (Å²) in [5.74, 6) is 0. The summed E-state index contributed by atoms with van der Waals surface area (Å²) in [6.45, 7) is 0. The topological polar surface area (TPSA) is 61.8 Å². The van der Waals surface area contributed by atoms with Crippen LogP contribution in [0.25, 0.3) is 0 Å². The van der Waals surface area contributed by atoms with Crippen LogP contribution >= 0.6 is 12.4 Å². The van der Waals surface area contributed by atoms with E-state index >= 15 is 0 Å². The Kier molecular flexibility index (Phi) is 81.6. The predicted molar refractivity (Wildman–Crippen MR) is 22.0 cm³/mol. The summed E-state index contributed by atoms with van der Waals surface area (Å²) in [5, 5.41) is 0. The van der Waals surface area contributed by atoms with Crippen molar-refractivity contribution in [2.24, 2.45) is 0 Å². The Morgan fingerprint density at radius 2 is 1.20 bits per heavy atom. The molecule has 0 unspecified atom stereocenters. The van der Waals surface area contributed by atoms with E-state index in [0.29, 0.717) is 0 Å². The minimum atomic E-state index is 0. The van der Waals surface area contributed by atoms with E-state index in [-0.39, 0.29) is 42.0 Å². The first-order chi connectivity index (χ1) is 1.41. The van der Waals surface area contributed by atoms with Crippen LogP contribution in [0.4, 0.5) is 0 Å². The van der Waals surface area contributed by atoms with Gasteiger partial charge in [-0.2, -0.15) is 0 Å². The molecule has 0 atom stereocenters. The molecule has 0 aliphatic heterocycles. The molecule has 0 aliphatic carbocycles. The van der Waals surface area contributed by atoms with Crippen LogP contribution in [-0.4, -0.2) is 29.6 Å². The maximum atomic E-state index is 5.50. The zero-order valence-corrected chi connectivity index (χ0v) is 2.67. The molecule has 0 radical (unpaired) electrons. The van der Waals surface area contributed by atoms with Crippen molar-refractivity contribution in [1.29, 1.82) is 11.1 Å². The molecule has 0 aliphatic rings. The van der Waals surface area contributed by atoms with Gasteiger partial charge in [0.2, 0.25) is 4.91 Å². The number of nitrogens with zero attached hydrogens (tertiary/aromatic N) is 1. The first-order valence-corrected chi connectivity index (χ1v) is 0.447. The Hall–Kier alpha value is 0.600. The van der Waals surface area contributed by atoms with Gasteiger partial charge >= 0.3 is 29.6 Å². The van der Waals surface area contributed by atoms with Gasteiger partial charge in [-0.05, 0) is 0 Å². The number of halogens is 1. The Labute approximate surface area is 57.9 Å². The second-order valence-corrected chi connectivity index (χ2v) is 0.112. The molecule has 3 nitrogen and oxygen atoms in total. The number of rotatable bonds is 0. The monoisotopic (exact) mass is 104 g/mol. The molecule has 0 aromatic heterocycles. The summed E-state index contributed by atoms with van der Waals surface area (Å²) in [4.78, 5) is 2.00. The Bertz CT molecular complexity index is 27.9. The van der Waals surface area contributed by atoms with Crippen LogP contribution in [0.3, 0.4) is 0 Å². The van der Waals surface area contributed by atoms with E-state index in [1.54, 1.807) is 0 Å². The summed E-state index contributed by atoms with van der Waals surface area (Å²) in [5.41, 5.74) is 11.0. The average molecular weight is 104 g/mol. The van der Waals surface area contributed by atoms with E-state index in [4.69, 9.17) is 11.1 Å². The van der Waals surface area contributed by atoms with Crippen molar-refractivity contribution in [3.63, 3.8) is 0 Å². The van der Waals surface area contributed by atoms with Crippen LogP contribution in [0.15, 0.2) is 0 Å². The first kappa shape index (κ1) is 17.5. The molecule has 2 N–H and O–H groups in total. The van der Waals surface area contributed by atoms with Crippen LogP contribution in [-0.2, 0) is 0 Å². The van der Waals surface area contributed by atoms with Crippen molar-refractivity contribution in [2.75, 3.05) is 0 Å². The molecule has 0 rings (SSSR count). The third-order valence-electron chi connectivity index (χ3n) is 0. The van der Waals surface area contributed by atoms with E-state index in [1.807, 2.05) is 4.91 Å². The molecule has 0 aromatic rings. The van der Waals surface area contributed by atoms with Crippen molar-refractivity contribution in [3.8, 4) is 0 Å². The molecule has 0 fully saturated rings. The second kappa shape index (κ2) is 23.3. The quantitative estimate of drug-likeness (QED) is 0.245. The first-order valence-electron chi connectivity index (χ1n) is 0.447. The van der Waals surface area contributed by atoms with Crippen molar-refractivity contribution >= 4 is 42.0 Å². The van der Waals surface area contributed by atoms with Crippen molar-refractivity contribution in [2.45, 2.75) is 0 Å². The van der Waals surface area contributed by atoms with Gasteiger partial charge in [0, 0.05) is 0 Å². The third-order valence-corrected chi connectivity index (χ3v) is 0. The van der Waals surface area contributed by atoms with Crippen LogP contribution < -0.4 is 4.91 Å². The number of hydrogen-bond acceptors (Lipinski definition) is 2. The molecule has 0 spiro atoms. The SMILES string of the molecule is Cl.N=[N+]=N.[NaH]. The molecule has 26 valence electrons. The van der Waals surface area contributed by atoms with Gasteiger partial charge in [0.1, 0.15) is 11.1 Å². The number of hydrogen-bond donors (Lipinski definition) is 2. The molecule has 0 amide bonds. The molecule has 0 saturated carbocycles. The van der Waals surface area contributed by atoms with Gasteiger partial charge in [0.15, 0.2) is 0 Å². The molecule has 5 heavy (non-hydrogen) atoms. The van der Waals surface area contributed by atoms with Crippen LogP contribution in [0.2, 0.25) is 0 Å². The fourth-order valence-electron chi connectivity index (χ4n) is 0. The average Bonchev–Trinajstić information content (AvgIpc) is 0.918. The van der Waals surface area contributed by atoms with E-state index in [1.165, 1.54) is 0 Å². The molecular formula is H4ClN3Na+. The van der Waals surface area contributed by atoms with Gasteiger partial charge in [-0.15, -0.1) is 12.4 Å². The minimum absolute atomic E-state index is 0. The molecular weight excluding hydrogens is 100 g/mol. The zero-order valence-electron chi connectivity index (χ0n) is 1.86. The second-order valence-electron chi connectivity index (χ2n) is 0.112. The fourth-order valence-corrected chi connectivity index (χ4v) is 0. The van der Waals surface area contributed by atoms with Crippen molar-refractivity contribution < 1.29 is 0 Å². The van der Waals surface area contributed by atoms with Gasteiger partial charge in [0.05, 0.1) is 0 Å². The molecule has 0 saturated heterocycles. The summed E-state index contributed by atoms with van der Waals surface area (Å²) < 4.78 is 0. The summed E-state index contributed by atoms with van der Waals surface area (Å²) in [6.07, 6.45) is 0. The van der Waals surface area contributed by atoms with E-state index in [0.717, 1.165) is 0 Å². The maximum absolute atomic E-state index is 5.50. The number of nitrogens with one attached hydrogen (secondary N) is 2. The van der Waals surface area contributed by atoms with Gasteiger partial charge in [-0.3, -0.25) is 0 Å². The van der Waals surface area contributed by atoms with Gasteiger partial charge < -0.3 is 0 Å². The van der Waals surface area contributed by atoms with Crippen LogP contribution in [0, 0.1) is 11.1 Å².